The largest absolute Gasteiger partial charge is 0.368 e. The summed E-state index contributed by atoms with van der Waals surface area (Å²) in [6.45, 7) is 5.12. The summed E-state index contributed by atoms with van der Waals surface area (Å²) in [6, 6.07) is 5.31. The van der Waals surface area contributed by atoms with E-state index >= 15 is 0 Å². The number of guanidine groups is 1. The standard InChI is InChI=1S/C13H18N4O2/c1-9-5-3-6-10(2)11(9)15-13(18)16-12(14)17-7-4-8-19-17/h3,5-6H,4,7-8H2,1-2H3,(H3,14,15,16,18). The second-order valence-corrected chi connectivity index (χ2v) is 4.46. The van der Waals surface area contributed by atoms with E-state index in [-0.39, 0.29) is 5.96 Å². The number of aryl methyl sites for hydroxylation is 2. The van der Waals surface area contributed by atoms with Gasteiger partial charge in [-0.25, -0.2) is 9.86 Å². The number of nitrogens with one attached hydrogen (secondary N) is 1. The van der Waals surface area contributed by atoms with Crippen molar-refractivity contribution in [3.63, 3.8) is 0 Å². The summed E-state index contributed by atoms with van der Waals surface area (Å²) >= 11 is 0. The number of hydrogen-bond acceptors (Lipinski definition) is 2. The molecule has 0 aliphatic carbocycles. The van der Waals surface area contributed by atoms with Gasteiger partial charge in [0, 0.05) is 5.69 Å². The topological polar surface area (TPSA) is 80.0 Å². The van der Waals surface area contributed by atoms with E-state index < -0.39 is 6.03 Å². The molecule has 1 heterocycles. The summed E-state index contributed by atoms with van der Waals surface area (Å²) in [7, 11) is 0. The van der Waals surface area contributed by atoms with Crippen LogP contribution in [-0.4, -0.2) is 30.2 Å². The zero-order valence-electron chi connectivity index (χ0n) is 11.1. The maximum Gasteiger partial charge on any atom is 0.348 e. The van der Waals surface area contributed by atoms with Crippen molar-refractivity contribution in [3.05, 3.63) is 29.3 Å². The van der Waals surface area contributed by atoms with Gasteiger partial charge in [0.2, 0.25) is 5.96 Å². The molecule has 1 fully saturated rings. The Bertz CT molecular complexity index is 487. The van der Waals surface area contributed by atoms with Crippen LogP contribution in [0.1, 0.15) is 17.5 Å². The average molecular weight is 262 g/mol. The highest BCUT2D eigenvalue weighted by molar-refractivity contribution is 5.99. The minimum Gasteiger partial charge on any atom is -0.368 e. The van der Waals surface area contributed by atoms with E-state index in [1.165, 1.54) is 5.06 Å². The number of urea groups is 1. The second kappa shape index (κ2) is 5.71. The summed E-state index contributed by atoms with van der Waals surface area (Å²) < 4.78 is 0. The Morgan fingerprint density at radius 2 is 2.11 bits per heavy atom. The van der Waals surface area contributed by atoms with Gasteiger partial charge in [-0.15, -0.1) is 0 Å². The van der Waals surface area contributed by atoms with Crippen molar-refractivity contribution in [3.8, 4) is 0 Å². The molecule has 1 aliphatic rings. The van der Waals surface area contributed by atoms with Crippen LogP contribution in [0.3, 0.4) is 0 Å². The number of nitrogens with zero attached hydrogens (tertiary/aromatic N) is 2. The smallest absolute Gasteiger partial charge is 0.348 e. The van der Waals surface area contributed by atoms with E-state index in [0.29, 0.717) is 13.2 Å². The molecule has 2 amide bonds. The van der Waals surface area contributed by atoms with Crippen molar-refractivity contribution >= 4 is 17.7 Å². The first-order chi connectivity index (χ1) is 9.08. The molecule has 1 aromatic rings. The van der Waals surface area contributed by atoms with E-state index in [0.717, 1.165) is 23.2 Å². The van der Waals surface area contributed by atoms with Crippen LogP contribution >= 0.6 is 0 Å². The zero-order valence-corrected chi connectivity index (χ0v) is 11.1. The Morgan fingerprint density at radius 1 is 1.42 bits per heavy atom. The van der Waals surface area contributed by atoms with Crippen LogP contribution in [0.15, 0.2) is 23.2 Å². The number of hydrogen-bond donors (Lipinski definition) is 2. The molecule has 1 aliphatic heterocycles. The SMILES string of the molecule is Cc1cccc(C)c1NC(=O)N=C(N)N1CCCO1. The molecule has 2 rings (SSSR count). The summed E-state index contributed by atoms with van der Waals surface area (Å²) in [5, 5.41) is 4.18. The molecule has 0 aromatic heterocycles. The number of para-hydroxylation sites is 1. The molecular weight excluding hydrogens is 244 g/mol. The number of rotatable bonds is 1. The van der Waals surface area contributed by atoms with Crippen LogP contribution in [0.25, 0.3) is 0 Å². The molecule has 102 valence electrons. The Labute approximate surface area is 112 Å². The molecule has 0 radical (unpaired) electrons. The van der Waals surface area contributed by atoms with Gasteiger partial charge < -0.3 is 11.1 Å². The molecule has 6 heteroatoms. The third-order valence-electron chi connectivity index (χ3n) is 2.94. The van der Waals surface area contributed by atoms with Gasteiger partial charge in [0.05, 0.1) is 13.2 Å². The number of carbonyl (C=O) groups is 1. The molecule has 3 N–H and O–H groups in total. The van der Waals surface area contributed by atoms with Gasteiger partial charge in [-0.1, -0.05) is 18.2 Å². The van der Waals surface area contributed by atoms with Gasteiger partial charge in [0.15, 0.2) is 0 Å². The number of aliphatic imine (C=N–C) groups is 1. The van der Waals surface area contributed by atoms with E-state index in [1.807, 2.05) is 32.0 Å². The highest BCUT2D eigenvalue weighted by Gasteiger charge is 2.16. The van der Waals surface area contributed by atoms with Crippen LogP contribution in [0.5, 0.6) is 0 Å². The van der Waals surface area contributed by atoms with E-state index in [9.17, 15) is 4.79 Å². The first-order valence-electron chi connectivity index (χ1n) is 6.20. The third kappa shape index (κ3) is 3.23. The average Bonchev–Trinajstić information content (AvgIpc) is 2.88. The van der Waals surface area contributed by atoms with Crippen LogP contribution < -0.4 is 11.1 Å². The second-order valence-electron chi connectivity index (χ2n) is 4.46. The lowest BCUT2D eigenvalue weighted by molar-refractivity contribution is -0.0450. The van der Waals surface area contributed by atoms with Crippen molar-refractivity contribution in [2.45, 2.75) is 20.3 Å². The molecule has 19 heavy (non-hydrogen) atoms. The zero-order chi connectivity index (χ0) is 13.8. The Morgan fingerprint density at radius 3 is 2.68 bits per heavy atom. The Hall–Kier alpha value is -2.08. The molecule has 1 saturated heterocycles. The normalized spacial score (nSPS) is 15.7. The number of benzene rings is 1. The van der Waals surface area contributed by atoms with E-state index in [2.05, 4.69) is 10.3 Å². The highest BCUT2D eigenvalue weighted by atomic mass is 16.7. The lowest BCUT2D eigenvalue weighted by atomic mass is 10.1. The quantitative estimate of drug-likeness (QED) is 0.597. The summed E-state index contributed by atoms with van der Waals surface area (Å²) in [4.78, 5) is 20.8. The number of nitrogens with two attached hydrogens (primary N) is 1. The number of amides is 2. The highest BCUT2D eigenvalue weighted by Crippen LogP contribution is 2.19. The fourth-order valence-electron chi connectivity index (χ4n) is 1.93. The monoisotopic (exact) mass is 262 g/mol. The van der Waals surface area contributed by atoms with Crippen molar-refractivity contribution in [1.82, 2.24) is 5.06 Å². The van der Waals surface area contributed by atoms with Crippen molar-refractivity contribution < 1.29 is 9.63 Å². The van der Waals surface area contributed by atoms with Crippen LogP contribution in [-0.2, 0) is 4.84 Å². The van der Waals surface area contributed by atoms with Crippen LogP contribution in [0, 0.1) is 13.8 Å². The lowest BCUT2D eigenvalue weighted by Crippen LogP contribution is -2.35. The number of carbonyl (C=O) groups excluding carboxylic acids is 1. The maximum absolute atomic E-state index is 11.8. The molecule has 1 aromatic carbocycles. The number of hydroxylamine groups is 2. The Kier molecular flexibility index (Phi) is 4.01. The van der Waals surface area contributed by atoms with Gasteiger partial charge >= 0.3 is 6.03 Å². The minimum atomic E-state index is -0.495. The lowest BCUT2D eigenvalue weighted by Gasteiger charge is -2.14. The van der Waals surface area contributed by atoms with Gasteiger partial charge in [-0.05, 0) is 31.4 Å². The van der Waals surface area contributed by atoms with Crippen molar-refractivity contribution in [2.24, 2.45) is 10.7 Å². The molecule has 0 spiro atoms. The fourth-order valence-corrected chi connectivity index (χ4v) is 1.93. The predicted octanol–water partition coefficient (Wildman–Crippen LogP) is 1.79. The first-order valence-corrected chi connectivity index (χ1v) is 6.20. The first kappa shape index (κ1) is 13.4. The third-order valence-corrected chi connectivity index (χ3v) is 2.94. The minimum absolute atomic E-state index is 0.0845. The van der Waals surface area contributed by atoms with Crippen LogP contribution in [0.4, 0.5) is 10.5 Å². The van der Waals surface area contributed by atoms with Gasteiger partial charge in [-0.3, -0.25) is 4.84 Å². The number of anilines is 1. The van der Waals surface area contributed by atoms with Gasteiger partial charge in [-0.2, -0.15) is 4.99 Å². The molecule has 0 atom stereocenters. The molecule has 0 saturated carbocycles. The molecule has 0 bridgehead atoms. The van der Waals surface area contributed by atoms with E-state index in [1.54, 1.807) is 0 Å². The van der Waals surface area contributed by atoms with Gasteiger partial charge in [0.25, 0.3) is 0 Å². The van der Waals surface area contributed by atoms with Crippen LogP contribution in [0.2, 0.25) is 0 Å². The summed E-state index contributed by atoms with van der Waals surface area (Å²) in [5.74, 6) is 0.0845. The van der Waals surface area contributed by atoms with Gasteiger partial charge in [0.1, 0.15) is 0 Å². The maximum atomic E-state index is 11.8. The summed E-state index contributed by atoms with van der Waals surface area (Å²) in [5.41, 5.74) is 8.44. The van der Waals surface area contributed by atoms with E-state index in [4.69, 9.17) is 10.6 Å². The predicted molar refractivity (Wildman–Crippen MR) is 73.8 cm³/mol. The molecular formula is C13H18N4O2. The molecule has 0 unspecified atom stereocenters. The molecule has 6 nitrogen and oxygen atoms in total. The van der Waals surface area contributed by atoms with Crippen molar-refractivity contribution in [2.75, 3.05) is 18.5 Å². The summed E-state index contributed by atoms with van der Waals surface area (Å²) in [6.07, 6.45) is 0.884. The fraction of sp³-hybridized carbons (Fsp3) is 0.385. The Balaban J connectivity index is 2.06. The van der Waals surface area contributed by atoms with Crippen molar-refractivity contribution in [1.29, 1.82) is 0 Å².